The smallest absolute Gasteiger partial charge is 0.338 e. The van der Waals surface area contributed by atoms with Crippen LogP contribution in [0.3, 0.4) is 0 Å². The number of carbonyl (C=O) groups is 3. The standard InChI is InChI=1S/C40H52ClN3O5/c1-6-9-10-11-12-13-14-15-16-17-26-49-40(47)31-20-24-34(41)36(28-31)43-39(46)37(38(45)30-18-22-33(48-5)23-19-30)42-35-25-21-32(27-29(35)4)44(7-2)8-3/h18-25,27-28H,6-17,26H2,1-5H3,(H,43,46). The molecule has 264 valence electrons. The zero-order valence-electron chi connectivity index (χ0n) is 29.8. The van der Waals surface area contributed by atoms with E-state index in [1.54, 1.807) is 36.4 Å². The van der Waals surface area contributed by atoms with Gasteiger partial charge >= 0.3 is 5.97 Å². The number of hydrogen-bond donors (Lipinski definition) is 1. The number of rotatable bonds is 21. The Bertz CT molecular complexity index is 1550. The molecule has 3 rings (SSSR count). The van der Waals surface area contributed by atoms with Gasteiger partial charge < -0.3 is 19.7 Å². The molecule has 0 spiro atoms. The summed E-state index contributed by atoms with van der Waals surface area (Å²) in [5.74, 6) is -1.26. The van der Waals surface area contributed by atoms with Gasteiger partial charge in [0.1, 0.15) is 5.75 Å². The Morgan fingerprint density at radius 2 is 1.39 bits per heavy atom. The van der Waals surface area contributed by atoms with Gasteiger partial charge in [0.15, 0.2) is 5.71 Å². The van der Waals surface area contributed by atoms with Crippen molar-refractivity contribution < 1.29 is 23.9 Å². The monoisotopic (exact) mass is 689 g/mol. The maximum atomic E-state index is 13.8. The number of ether oxygens (including phenoxy) is 2. The Labute approximate surface area is 297 Å². The SMILES string of the molecule is CCCCCCCCCCCCOC(=O)c1ccc(Cl)c(NC(=O)C(=Nc2ccc(N(CC)CC)cc2C)C(=O)c2ccc(OC)cc2)c1. The van der Waals surface area contributed by atoms with Gasteiger partial charge in [-0.15, -0.1) is 0 Å². The van der Waals surface area contributed by atoms with Crippen LogP contribution in [0, 0.1) is 6.92 Å². The van der Waals surface area contributed by atoms with E-state index in [-0.39, 0.29) is 27.5 Å². The second-order valence-corrected chi connectivity index (χ2v) is 12.5. The molecule has 9 heteroatoms. The van der Waals surface area contributed by atoms with Gasteiger partial charge in [0.05, 0.1) is 35.7 Å². The fraction of sp³-hybridized carbons (Fsp3) is 0.450. The lowest BCUT2D eigenvalue weighted by molar-refractivity contribution is -0.110. The highest BCUT2D eigenvalue weighted by atomic mass is 35.5. The molecule has 0 aliphatic heterocycles. The first-order valence-electron chi connectivity index (χ1n) is 17.6. The molecule has 0 fully saturated rings. The topological polar surface area (TPSA) is 97.3 Å². The Kier molecular flexibility index (Phi) is 16.9. The summed E-state index contributed by atoms with van der Waals surface area (Å²) < 4.78 is 10.7. The summed E-state index contributed by atoms with van der Waals surface area (Å²) in [6, 6.07) is 16.7. The lowest BCUT2D eigenvalue weighted by Crippen LogP contribution is -2.30. The first-order chi connectivity index (χ1) is 23.7. The quantitative estimate of drug-likeness (QED) is 0.0393. The Balaban J connectivity index is 1.73. The molecule has 0 saturated heterocycles. The molecule has 0 heterocycles. The van der Waals surface area contributed by atoms with Gasteiger partial charge in [-0.3, -0.25) is 9.59 Å². The summed E-state index contributed by atoms with van der Waals surface area (Å²) in [5, 5.41) is 2.92. The number of carbonyl (C=O) groups excluding carboxylic acids is 3. The minimum Gasteiger partial charge on any atom is -0.497 e. The van der Waals surface area contributed by atoms with Gasteiger partial charge in [-0.05, 0) is 93.4 Å². The number of anilines is 2. The van der Waals surface area contributed by atoms with E-state index >= 15 is 0 Å². The van der Waals surface area contributed by atoms with Crippen molar-refractivity contribution in [1.82, 2.24) is 0 Å². The molecule has 0 unspecified atom stereocenters. The number of Topliss-reactive ketones (excluding diaryl/α,β-unsaturated/α-hetero) is 1. The number of aliphatic imine (C=N–C) groups is 1. The van der Waals surface area contributed by atoms with E-state index in [0.717, 1.165) is 43.6 Å². The second kappa shape index (κ2) is 21.0. The molecule has 3 aromatic carbocycles. The van der Waals surface area contributed by atoms with Gasteiger partial charge in [0.2, 0.25) is 5.78 Å². The molecule has 0 atom stereocenters. The van der Waals surface area contributed by atoms with E-state index in [2.05, 4.69) is 36.0 Å². The number of esters is 1. The van der Waals surface area contributed by atoms with E-state index in [1.807, 2.05) is 19.1 Å². The summed E-state index contributed by atoms with van der Waals surface area (Å²) >= 11 is 6.45. The number of ketones is 1. The number of amides is 1. The highest BCUT2D eigenvalue weighted by molar-refractivity contribution is 6.70. The fourth-order valence-electron chi connectivity index (χ4n) is 5.52. The van der Waals surface area contributed by atoms with E-state index in [9.17, 15) is 14.4 Å². The van der Waals surface area contributed by atoms with Gasteiger partial charge in [0.25, 0.3) is 5.91 Å². The summed E-state index contributed by atoms with van der Waals surface area (Å²) in [7, 11) is 1.54. The van der Waals surface area contributed by atoms with Crippen LogP contribution >= 0.6 is 11.6 Å². The third-order valence-corrected chi connectivity index (χ3v) is 8.83. The average molecular weight is 690 g/mol. The molecule has 0 radical (unpaired) electrons. The predicted molar refractivity (Wildman–Crippen MR) is 201 cm³/mol. The number of methoxy groups -OCH3 is 1. The van der Waals surface area contributed by atoms with E-state index < -0.39 is 17.7 Å². The number of nitrogens with zero attached hydrogens (tertiary/aromatic N) is 2. The largest absolute Gasteiger partial charge is 0.497 e. The van der Waals surface area contributed by atoms with Crippen LogP contribution in [0.1, 0.15) is 111 Å². The van der Waals surface area contributed by atoms with Crippen molar-refractivity contribution in [2.45, 2.75) is 91.9 Å². The molecular weight excluding hydrogens is 638 g/mol. The van der Waals surface area contributed by atoms with Crippen molar-refractivity contribution >= 4 is 52.0 Å². The first kappa shape index (κ1) is 39.3. The van der Waals surface area contributed by atoms with Gasteiger partial charge in [0, 0.05) is 24.3 Å². The third kappa shape index (κ3) is 12.3. The molecule has 0 aliphatic rings. The van der Waals surface area contributed by atoms with Crippen LogP contribution in [-0.4, -0.2) is 50.2 Å². The lowest BCUT2D eigenvalue weighted by Gasteiger charge is -2.21. The molecule has 3 aromatic rings. The maximum absolute atomic E-state index is 13.8. The zero-order valence-corrected chi connectivity index (χ0v) is 30.5. The molecule has 0 aliphatic carbocycles. The van der Waals surface area contributed by atoms with Crippen molar-refractivity contribution in [3.63, 3.8) is 0 Å². The van der Waals surface area contributed by atoms with Crippen molar-refractivity contribution in [2.75, 3.05) is 37.0 Å². The minimum atomic E-state index is -0.759. The Morgan fingerprint density at radius 1 is 0.776 bits per heavy atom. The van der Waals surface area contributed by atoms with Crippen molar-refractivity contribution in [3.05, 3.63) is 82.4 Å². The average Bonchev–Trinajstić information content (AvgIpc) is 3.11. The maximum Gasteiger partial charge on any atom is 0.338 e. The summed E-state index contributed by atoms with van der Waals surface area (Å²) in [5.41, 5.74) is 2.67. The first-order valence-corrected chi connectivity index (χ1v) is 18.0. The van der Waals surface area contributed by atoms with E-state index in [4.69, 9.17) is 21.1 Å². The normalized spacial score (nSPS) is 11.3. The highest BCUT2D eigenvalue weighted by Crippen LogP contribution is 2.27. The predicted octanol–water partition coefficient (Wildman–Crippen LogP) is 10.2. The van der Waals surface area contributed by atoms with Crippen molar-refractivity contribution in [2.24, 2.45) is 4.99 Å². The molecule has 8 nitrogen and oxygen atoms in total. The lowest BCUT2D eigenvalue weighted by atomic mass is 10.0. The highest BCUT2D eigenvalue weighted by Gasteiger charge is 2.24. The van der Waals surface area contributed by atoms with Crippen molar-refractivity contribution in [3.8, 4) is 5.75 Å². The summed E-state index contributed by atoms with van der Waals surface area (Å²) in [4.78, 5) is 47.2. The second-order valence-electron chi connectivity index (χ2n) is 12.1. The number of hydrogen-bond acceptors (Lipinski definition) is 7. The molecule has 0 bridgehead atoms. The Morgan fingerprint density at radius 3 is 1.98 bits per heavy atom. The number of nitrogens with one attached hydrogen (secondary N) is 1. The molecule has 0 saturated carbocycles. The van der Waals surface area contributed by atoms with Crippen LogP contribution in [-0.2, 0) is 9.53 Å². The number of aryl methyl sites for hydroxylation is 1. The summed E-state index contributed by atoms with van der Waals surface area (Å²) in [6.45, 7) is 10.3. The fourth-order valence-corrected chi connectivity index (χ4v) is 5.69. The van der Waals surface area contributed by atoms with E-state index in [0.29, 0.717) is 18.0 Å². The van der Waals surface area contributed by atoms with Gasteiger partial charge in [-0.2, -0.15) is 0 Å². The van der Waals surface area contributed by atoms with Crippen molar-refractivity contribution in [1.29, 1.82) is 0 Å². The van der Waals surface area contributed by atoms with Gasteiger partial charge in [-0.1, -0.05) is 76.3 Å². The van der Waals surface area contributed by atoms with Crippen LogP contribution in [0.15, 0.2) is 65.7 Å². The van der Waals surface area contributed by atoms with Crippen LogP contribution in [0.25, 0.3) is 0 Å². The van der Waals surface area contributed by atoms with Gasteiger partial charge in [-0.25, -0.2) is 9.79 Å². The molecular formula is C40H52ClN3O5. The molecule has 0 aromatic heterocycles. The van der Waals surface area contributed by atoms with E-state index in [1.165, 1.54) is 64.2 Å². The third-order valence-electron chi connectivity index (χ3n) is 8.50. The molecule has 1 N–H and O–H groups in total. The molecule has 1 amide bonds. The van der Waals surface area contributed by atoms with Crippen LogP contribution in [0.5, 0.6) is 5.75 Å². The van der Waals surface area contributed by atoms with Crippen LogP contribution in [0.2, 0.25) is 5.02 Å². The van der Waals surface area contributed by atoms with Crippen LogP contribution in [0.4, 0.5) is 17.1 Å². The molecule has 49 heavy (non-hydrogen) atoms. The number of benzene rings is 3. The minimum absolute atomic E-state index is 0.170. The number of unbranched alkanes of at least 4 members (excludes halogenated alkanes) is 9. The Hall–Kier alpha value is -4.17. The summed E-state index contributed by atoms with van der Waals surface area (Å²) in [6.07, 6.45) is 11.9. The van der Waals surface area contributed by atoms with Crippen LogP contribution < -0.4 is 15.0 Å². The zero-order chi connectivity index (χ0) is 35.6. The number of halogens is 1.